The van der Waals surface area contributed by atoms with Gasteiger partial charge in [0.15, 0.2) is 0 Å². The van der Waals surface area contributed by atoms with Crippen LogP contribution in [0.1, 0.15) is 36.2 Å². The Hall–Kier alpha value is -1.66. The second-order valence-corrected chi connectivity index (χ2v) is 8.54. The van der Waals surface area contributed by atoms with Crippen molar-refractivity contribution >= 4 is 32.3 Å². The minimum Gasteiger partial charge on any atom is -0.374 e. The van der Waals surface area contributed by atoms with Crippen LogP contribution in [0.4, 0.5) is 5.00 Å². The van der Waals surface area contributed by atoms with Gasteiger partial charge in [0.1, 0.15) is 5.69 Å². The van der Waals surface area contributed by atoms with Gasteiger partial charge < -0.3 is 15.5 Å². The Morgan fingerprint density at radius 1 is 1.21 bits per heavy atom. The number of carbonyl (C=O) groups is 1. The van der Waals surface area contributed by atoms with E-state index in [0.717, 1.165) is 29.0 Å². The van der Waals surface area contributed by atoms with E-state index in [9.17, 15) is 4.79 Å². The molecule has 2 aliphatic heterocycles. The van der Waals surface area contributed by atoms with Gasteiger partial charge in [-0.15, -0.1) is 11.3 Å². The topological polar surface area (TPSA) is 57.3 Å². The third-order valence-corrected chi connectivity index (χ3v) is 6.39. The Balaban J connectivity index is 1.30. The van der Waals surface area contributed by atoms with Crippen molar-refractivity contribution in [2.45, 2.75) is 37.8 Å². The third kappa shape index (κ3) is 2.89. The fourth-order valence-electron chi connectivity index (χ4n) is 3.98. The van der Waals surface area contributed by atoms with Crippen LogP contribution in [0.25, 0.3) is 10.1 Å². The van der Waals surface area contributed by atoms with Crippen LogP contribution < -0.4 is 10.6 Å². The predicted octanol–water partition coefficient (Wildman–Crippen LogP) is 2.69. The lowest BCUT2D eigenvalue weighted by atomic mass is 9.97. The van der Waals surface area contributed by atoms with Gasteiger partial charge in [-0.3, -0.25) is 9.78 Å². The number of nitrogens with zero attached hydrogens (tertiary/aromatic N) is 2. The van der Waals surface area contributed by atoms with Crippen LogP contribution in [0, 0.1) is 5.92 Å². The Morgan fingerprint density at radius 2 is 2.12 bits per heavy atom. The number of anilines is 1. The van der Waals surface area contributed by atoms with Gasteiger partial charge in [0, 0.05) is 41.5 Å². The Labute approximate surface area is 145 Å². The summed E-state index contributed by atoms with van der Waals surface area (Å²) in [5, 5.41) is 9.01. The quantitative estimate of drug-likeness (QED) is 0.897. The molecular formula is C18H22N4OS. The van der Waals surface area contributed by atoms with Gasteiger partial charge in [-0.2, -0.15) is 0 Å². The molecule has 4 heterocycles. The van der Waals surface area contributed by atoms with Crippen LogP contribution in [-0.2, 0) is 0 Å². The monoisotopic (exact) mass is 342 g/mol. The molecule has 3 aliphatic rings. The zero-order chi connectivity index (χ0) is 16.1. The lowest BCUT2D eigenvalue weighted by Gasteiger charge is -2.30. The van der Waals surface area contributed by atoms with E-state index in [0.29, 0.717) is 11.7 Å². The smallest absolute Gasteiger partial charge is 0.270 e. The molecule has 5 nitrogen and oxygen atoms in total. The summed E-state index contributed by atoms with van der Waals surface area (Å²) in [5.41, 5.74) is 0.537. The lowest BCUT2D eigenvalue weighted by molar-refractivity contribution is 0.0904. The maximum absolute atomic E-state index is 12.6. The van der Waals surface area contributed by atoms with Crippen LogP contribution in [-0.4, -0.2) is 47.5 Å². The summed E-state index contributed by atoms with van der Waals surface area (Å²) in [6.45, 7) is 3.38. The number of fused-ring (bicyclic) bond motifs is 3. The molecular weight excluding hydrogens is 320 g/mol. The molecule has 1 amide bonds. The standard InChI is InChI=1S/C18H22N4OS/c23-18(21-14-5-11-3-4-22(9-11)10-14)15-7-16-12(8-19-15)6-17(24-16)20-13-1-2-13/h6-8,11,13-14,20H,1-5,9-10H2,(H,21,23)/t11-,14-/m1/s1. The second-order valence-electron chi connectivity index (χ2n) is 7.46. The summed E-state index contributed by atoms with van der Waals surface area (Å²) >= 11 is 1.71. The van der Waals surface area contributed by atoms with E-state index in [4.69, 9.17) is 0 Å². The van der Waals surface area contributed by atoms with Crippen molar-refractivity contribution in [3.05, 3.63) is 24.0 Å². The van der Waals surface area contributed by atoms with Crippen LogP contribution in [0.3, 0.4) is 0 Å². The van der Waals surface area contributed by atoms with Crippen molar-refractivity contribution in [2.75, 3.05) is 25.0 Å². The molecule has 3 atom stereocenters. The Bertz CT molecular complexity index is 772. The van der Waals surface area contributed by atoms with Gasteiger partial charge in [0.05, 0.1) is 5.00 Å². The highest BCUT2D eigenvalue weighted by atomic mass is 32.1. The molecule has 2 saturated heterocycles. The van der Waals surface area contributed by atoms with Gasteiger partial charge in [0.2, 0.25) is 0 Å². The molecule has 2 aromatic rings. The number of amides is 1. The van der Waals surface area contributed by atoms with Crippen LogP contribution in [0.15, 0.2) is 18.3 Å². The molecule has 5 rings (SSSR count). The van der Waals surface area contributed by atoms with E-state index >= 15 is 0 Å². The molecule has 0 aromatic carbocycles. The number of piperidine rings is 1. The minimum absolute atomic E-state index is 0.0329. The summed E-state index contributed by atoms with van der Waals surface area (Å²) in [6, 6.07) is 4.99. The summed E-state index contributed by atoms with van der Waals surface area (Å²) in [6.07, 6.45) is 6.74. The highest BCUT2D eigenvalue weighted by molar-refractivity contribution is 7.22. The molecule has 0 spiro atoms. The van der Waals surface area contributed by atoms with Crippen molar-refractivity contribution < 1.29 is 4.79 Å². The average molecular weight is 342 g/mol. The van der Waals surface area contributed by atoms with Crippen LogP contribution in [0.5, 0.6) is 0 Å². The first kappa shape index (κ1) is 14.7. The molecule has 6 heteroatoms. The first-order valence-electron chi connectivity index (χ1n) is 8.92. The number of aromatic nitrogens is 1. The Morgan fingerprint density at radius 3 is 2.96 bits per heavy atom. The molecule has 0 radical (unpaired) electrons. The SMILES string of the molecule is O=C(N[C@@H]1C[C@H]2CCN(C2)C1)c1cc2sc(NC3CC3)cc2cn1. The molecule has 24 heavy (non-hydrogen) atoms. The number of nitrogens with one attached hydrogen (secondary N) is 2. The fraction of sp³-hybridized carbons (Fsp3) is 0.556. The molecule has 3 fully saturated rings. The van der Waals surface area contributed by atoms with Crippen LogP contribution in [0.2, 0.25) is 0 Å². The molecule has 2 bridgehead atoms. The van der Waals surface area contributed by atoms with Crippen molar-refractivity contribution in [1.29, 1.82) is 0 Å². The number of thiophene rings is 1. The maximum atomic E-state index is 12.6. The highest BCUT2D eigenvalue weighted by Gasteiger charge is 2.33. The largest absolute Gasteiger partial charge is 0.374 e. The number of hydrogen-bond acceptors (Lipinski definition) is 5. The molecule has 2 aromatic heterocycles. The highest BCUT2D eigenvalue weighted by Crippen LogP contribution is 2.34. The van der Waals surface area contributed by atoms with Crippen molar-refractivity contribution in [3.8, 4) is 0 Å². The fourth-order valence-corrected chi connectivity index (χ4v) is 5.03. The number of hydrogen-bond donors (Lipinski definition) is 2. The second kappa shape index (κ2) is 5.70. The third-order valence-electron chi connectivity index (χ3n) is 5.36. The summed E-state index contributed by atoms with van der Waals surface area (Å²) in [4.78, 5) is 19.4. The molecule has 1 saturated carbocycles. The first-order valence-corrected chi connectivity index (χ1v) is 9.74. The van der Waals surface area contributed by atoms with Crippen molar-refractivity contribution in [1.82, 2.24) is 15.2 Å². The molecule has 1 unspecified atom stereocenters. The van der Waals surface area contributed by atoms with E-state index in [1.54, 1.807) is 11.3 Å². The van der Waals surface area contributed by atoms with E-state index in [1.165, 1.54) is 37.4 Å². The van der Waals surface area contributed by atoms with E-state index < -0.39 is 0 Å². The van der Waals surface area contributed by atoms with Crippen LogP contribution >= 0.6 is 11.3 Å². The minimum atomic E-state index is -0.0329. The zero-order valence-corrected chi connectivity index (χ0v) is 14.4. The van der Waals surface area contributed by atoms with E-state index in [2.05, 4.69) is 26.6 Å². The lowest BCUT2D eigenvalue weighted by Crippen LogP contribution is -2.47. The molecule has 1 aliphatic carbocycles. The first-order chi connectivity index (χ1) is 11.7. The summed E-state index contributed by atoms with van der Waals surface area (Å²) < 4.78 is 1.13. The molecule has 126 valence electrons. The van der Waals surface area contributed by atoms with Gasteiger partial charge in [-0.25, -0.2) is 0 Å². The number of pyridine rings is 1. The van der Waals surface area contributed by atoms with E-state index in [-0.39, 0.29) is 11.9 Å². The predicted molar refractivity (Wildman–Crippen MR) is 96.7 cm³/mol. The molecule has 2 N–H and O–H groups in total. The number of carbonyl (C=O) groups excluding carboxylic acids is 1. The average Bonchev–Trinajstić information content (AvgIpc) is 3.18. The summed E-state index contributed by atoms with van der Waals surface area (Å²) in [7, 11) is 0. The number of rotatable bonds is 4. The maximum Gasteiger partial charge on any atom is 0.270 e. The van der Waals surface area contributed by atoms with Gasteiger partial charge in [-0.1, -0.05) is 0 Å². The van der Waals surface area contributed by atoms with E-state index in [1.807, 2.05) is 12.3 Å². The Kier molecular flexibility index (Phi) is 3.49. The normalized spacial score (nSPS) is 28.9. The van der Waals surface area contributed by atoms with Crippen molar-refractivity contribution in [2.24, 2.45) is 5.92 Å². The van der Waals surface area contributed by atoms with Gasteiger partial charge in [-0.05, 0) is 50.3 Å². The van der Waals surface area contributed by atoms with Crippen molar-refractivity contribution in [3.63, 3.8) is 0 Å². The van der Waals surface area contributed by atoms with Gasteiger partial charge >= 0.3 is 0 Å². The summed E-state index contributed by atoms with van der Waals surface area (Å²) in [5.74, 6) is 0.724. The zero-order valence-electron chi connectivity index (χ0n) is 13.6. The van der Waals surface area contributed by atoms with Gasteiger partial charge in [0.25, 0.3) is 5.91 Å².